The van der Waals surface area contributed by atoms with Gasteiger partial charge in [-0.3, -0.25) is 9.20 Å². The summed E-state index contributed by atoms with van der Waals surface area (Å²) in [6.07, 6.45) is 5.83. The maximum absolute atomic E-state index is 12.4. The molecule has 0 radical (unpaired) electrons. The third kappa shape index (κ3) is 3.07. The summed E-state index contributed by atoms with van der Waals surface area (Å²) in [7, 11) is 0. The highest BCUT2D eigenvalue weighted by Crippen LogP contribution is 2.24. The molecule has 1 amide bonds. The molecule has 1 aromatic carbocycles. The van der Waals surface area contributed by atoms with Crippen LogP contribution in [0.1, 0.15) is 19.8 Å². The summed E-state index contributed by atoms with van der Waals surface area (Å²) in [5.74, 6) is 0.222. The number of benzene rings is 1. The fourth-order valence-electron chi connectivity index (χ4n) is 3.21. The first-order valence-corrected chi connectivity index (χ1v) is 9.14. The molecule has 0 spiro atoms. The molecule has 3 heterocycles. The van der Waals surface area contributed by atoms with E-state index in [-0.39, 0.29) is 11.8 Å². The van der Waals surface area contributed by atoms with Crippen LogP contribution in [0.2, 0.25) is 0 Å². The van der Waals surface area contributed by atoms with Crippen molar-refractivity contribution in [3.63, 3.8) is 0 Å². The summed E-state index contributed by atoms with van der Waals surface area (Å²) in [5.41, 5.74) is 2.85. The van der Waals surface area contributed by atoms with E-state index in [0.717, 1.165) is 41.3 Å². The molecule has 4 rings (SSSR count). The number of nitrogens with zero attached hydrogens (tertiary/aromatic N) is 2. The van der Waals surface area contributed by atoms with Gasteiger partial charge < -0.3 is 10.6 Å². The molecule has 1 saturated heterocycles. The third-order valence-electron chi connectivity index (χ3n) is 4.54. The lowest BCUT2D eigenvalue weighted by Crippen LogP contribution is -2.40. The van der Waals surface area contributed by atoms with Gasteiger partial charge in [-0.25, -0.2) is 4.98 Å². The fourth-order valence-corrected chi connectivity index (χ4v) is 3.91. The number of hydrogen-bond acceptors (Lipinski definition) is 4. The van der Waals surface area contributed by atoms with Gasteiger partial charge in [0.1, 0.15) is 0 Å². The quantitative estimate of drug-likeness (QED) is 0.768. The van der Waals surface area contributed by atoms with Crippen LogP contribution in [0.5, 0.6) is 0 Å². The Hall–Kier alpha value is -2.18. The second-order valence-corrected chi connectivity index (χ2v) is 7.24. The summed E-state index contributed by atoms with van der Waals surface area (Å²) in [4.78, 5) is 18.0. The first-order valence-electron chi connectivity index (χ1n) is 8.26. The van der Waals surface area contributed by atoms with E-state index < -0.39 is 0 Å². The van der Waals surface area contributed by atoms with E-state index in [0.29, 0.717) is 6.04 Å². The lowest BCUT2D eigenvalue weighted by atomic mass is 9.92. The van der Waals surface area contributed by atoms with E-state index in [1.807, 2.05) is 46.4 Å². The van der Waals surface area contributed by atoms with E-state index in [9.17, 15) is 4.79 Å². The van der Waals surface area contributed by atoms with Crippen LogP contribution >= 0.6 is 11.3 Å². The zero-order valence-corrected chi connectivity index (χ0v) is 14.3. The predicted molar refractivity (Wildman–Crippen MR) is 97.3 cm³/mol. The molecule has 5 nitrogen and oxygen atoms in total. The van der Waals surface area contributed by atoms with Crippen molar-refractivity contribution in [2.45, 2.75) is 25.8 Å². The Bertz CT molecular complexity index is 823. The molecule has 1 fully saturated rings. The molecule has 124 valence electrons. The van der Waals surface area contributed by atoms with E-state index in [2.05, 4.69) is 22.5 Å². The molecule has 1 aliphatic rings. The van der Waals surface area contributed by atoms with Gasteiger partial charge in [-0.05, 0) is 38.4 Å². The van der Waals surface area contributed by atoms with Crippen molar-refractivity contribution in [3.05, 3.63) is 42.0 Å². The second kappa shape index (κ2) is 6.37. The smallest absolute Gasteiger partial charge is 0.227 e. The topological polar surface area (TPSA) is 58.4 Å². The van der Waals surface area contributed by atoms with Crippen molar-refractivity contribution in [1.82, 2.24) is 14.7 Å². The summed E-state index contributed by atoms with van der Waals surface area (Å²) >= 11 is 1.62. The highest BCUT2D eigenvalue weighted by atomic mass is 32.1. The maximum Gasteiger partial charge on any atom is 0.227 e. The second-order valence-electron chi connectivity index (χ2n) is 6.36. The van der Waals surface area contributed by atoms with Gasteiger partial charge in [0, 0.05) is 41.0 Å². The van der Waals surface area contributed by atoms with E-state index in [1.165, 1.54) is 0 Å². The van der Waals surface area contributed by atoms with Crippen molar-refractivity contribution in [3.8, 4) is 11.3 Å². The van der Waals surface area contributed by atoms with Crippen LogP contribution in [0.4, 0.5) is 5.69 Å². The van der Waals surface area contributed by atoms with Gasteiger partial charge >= 0.3 is 0 Å². The number of piperidine rings is 1. The van der Waals surface area contributed by atoms with Crippen LogP contribution in [0.15, 0.2) is 42.0 Å². The minimum Gasteiger partial charge on any atom is -0.326 e. The summed E-state index contributed by atoms with van der Waals surface area (Å²) in [5, 5.41) is 8.44. The number of carbonyl (C=O) groups is 1. The Morgan fingerprint density at radius 1 is 1.38 bits per heavy atom. The van der Waals surface area contributed by atoms with Gasteiger partial charge in [0.15, 0.2) is 4.96 Å². The molecule has 2 atom stereocenters. The molecule has 2 N–H and O–H groups in total. The zero-order valence-electron chi connectivity index (χ0n) is 13.5. The SMILES string of the molecule is C[C@H]1C[C@@H](C(=O)Nc2ccc(-c3cn4ccsc4n3)cc2)CCN1. The molecule has 6 heteroatoms. The van der Waals surface area contributed by atoms with Crippen LogP contribution in [-0.2, 0) is 4.79 Å². The number of aromatic nitrogens is 2. The molecule has 0 bridgehead atoms. The van der Waals surface area contributed by atoms with Crippen molar-refractivity contribution in [1.29, 1.82) is 0 Å². The van der Waals surface area contributed by atoms with Crippen LogP contribution in [-0.4, -0.2) is 27.9 Å². The molecule has 3 aromatic rings. The Morgan fingerprint density at radius 3 is 2.96 bits per heavy atom. The van der Waals surface area contributed by atoms with E-state index >= 15 is 0 Å². The molecular weight excluding hydrogens is 320 g/mol. The highest BCUT2D eigenvalue weighted by Gasteiger charge is 2.24. The largest absolute Gasteiger partial charge is 0.326 e. The Labute approximate surface area is 144 Å². The predicted octanol–water partition coefficient (Wildman–Crippen LogP) is 3.39. The standard InChI is InChI=1S/C18H20N4OS/c1-12-10-14(6-7-19-12)17(23)20-15-4-2-13(3-5-15)16-11-22-8-9-24-18(22)21-16/h2-5,8-9,11-12,14,19H,6-7,10H2,1H3,(H,20,23)/t12-,14-/m0/s1. The number of thiazole rings is 1. The van der Waals surface area contributed by atoms with Crippen LogP contribution < -0.4 is 10.6 Å². The van der Waals surface area contributed by atoms with Crippen molar-refractivity contribution < 1.29 is 4.79 Å². The highest BCUT2D eigenvalue weighted by molar-refractivity contribution is 7.15. The first-order chi connectivity index (χ1) is 11.7. The minimum atomic E-state index is 0.0980. The van der Waals surface area contributed by atoms with Crippen LogP contribution in [0, 0.1) is 5.92 Å². The maximum atomic E-state index is 12.4. The minimum absolute atomic E-state index is 0.0980. The number of carbonyl (C=O) groups excluding carboxylic acids is 1. The van der Waals surface area contributed by atoms with Gasteiger partial charge in [0.05, 0.1) is 5.69 Å². The van der Waals surface area contributed by atoms with Crippen molar-refractivity contribution in [2.24, 2.45) is 5.92 Å². The van der Waals surface area contributed by atoms with Crippen molar-refractivity contribution in [2.75, 3.05) is 11.9 Å². The van der Waals surface area contributed by atoms with E-state index in [4.69, 9.17) is 0 Å². The number of nitrogens with one attached hydrogen (secondary N) is 2. The Balaban J connectivity index is 1.45. The first kappa shape index (κ1) is 15.4. The average Bonchev–Trinajstić information content (AvgIpc) is 3.17. The molecule has 0 unspecified atom stereocenters. The van der Waals surface area contributed by atoms with Gasteiger partial charge in [-0.1, -0.05) is 12.1 Å². The molecule has 1 aliphatic heterocycles. The number of fused-ring (bicyclic) bond motifs is 1. The lowest BCUT2D eigenvalue weighted by molar-refractivity contribution is -0.120. The summed E-state index contributed by atoms with van der Waals surface area (Å²) in [6.45, 7) is 3.04. The molecular formula is C18H20N4OS. The zero-order chi connectivity index (χ0) is 16.5. The van der Waals surface area contributed by atoms with E-state index in [1.54, 1.807) is 11.3 Å². The summed E-state index contributed by atoms with van der Waals surface area (Å²) < 4.78 is 2.02. The lowest BCUT2D eigenvalue weighted by Gasteiger charge is -2.27. The molecule has 0 saturated carbocycles. The van der Waals surface area contributed by atoms with Crippen molar-refractivity contribution >= 4 is 27.9 Å². The van der Waals surface area contributed by atoms with Gasteiger partial charge in [0.2, 0.25) is 5.91 Å². The number of rotatable bonds is 3. The number of hydrogen-bond donors (Lipinski definition) is 2. The molecule has 24 heavy (non-hydrogen) atoms. The number of amides is 1. The number of imidazole rings is 1. The average molecular weight is 340 g/mol. The molecule has 2 aromatic heterocycles. The monoisotopic (exact) mass is 340 g/mol. The van der Waals surface area contributed by atoms with Crippen LogP contribution in [0.25, 0.3) is 16.2 Å². The number of anilines is 1. The van der Waals surface area contributed by atoms with Gasteiger partial charge in [-0.2, -0.15) is 0 Å². The normalized spacial score (nSPS) is 21.0. The van der Waals surface area contributed by atoms with Gasteiger partial charge in [-0.15, -0.1) is 11.3 Å². The van der Waals surface area contributed by atoms with Gasteiger partial charge in [0.25, 0.3) is 0 Å². The fraction of sp³-hybridized carbons (Fsp3) is 0.333. The Morgan fingerprint density at radius 2 is 2.21 bits per heavy atom. The summed E-state index contributed by atoms with van der Waals surface area (Å²) in [6, 6.07) is 8.32. The third-order valence-corrected chi connectivity index (χ3v) is 5.31. The van der Waals surface area contributed by atoms with Crippen LogP contribution in [0.3, 0.4) is 0 Å². The Kier molecular flexibility index (Phi) is 4.08. The molecule has 0 aliphatic carbocycles.